The van der Waals surface area contributed by atoms with Gasteiger partial charge in [-0.3, -0.25) is 4.99 Å². The van der Waals surface area contributed by atoms with E-state index in [0.29, 0.717) is 18.1 Å². The minimum atomic E-state index is 0.221. The minimum absolute atomic E-state index is 0.221. The van der Waals surface area contributed by atoms with E-state index in [9.17, 15) is 0 Å². The van der Waals surface area contributed by atoms with Crippen LogP contribution in [0.5, 0.6) is 0 Å². The van der Waals surface area contributed by atoms with Crippen molar-refractivity contribution in [1.82, 2.24) is 10.6 Å². The third kappa shape index (κ3) is 6.06. The summed E-state index contributed by atoms with van der Waals surface area (Å²) in [4.78, 5) is 4.76. The van der Waals surface area contributed by atoms with Crippen LogP contribution in [0.1, 0.15) is 59.8 Å². The number of rotatable bonds is 12. The maximum atomic E-state index is 5.99. The van der Waals surface area contributed by atoms with E-state index < -0.39 is 0 Å². The number of nitrogens with one attached hydrogen (secondary N) is 2. The van der Waals surface area contributed by atoms with Crippen molar-refractivity contribution in [2.24, 2.45) is 16.3 Å². The summed E-state index contributed by atoms with van der Waals surface area (Å²) < 4.78 is 17.1. The van der Waals surface area contributed by atoms with E-state index in [-0.39, 0.29) is 5.41 Å². The van der Waals surface area contributed by atoms with Crippen molar-refractivity contribution in [3.63, 3.8) is 0 Å². The Labute approximate surface area is 165 Å². The Hall–Kier alpha value is -0.850. The molecule has 1 aliphatic heterocycles. The van der Waals surface area contributed by atoms with Gasteiger partial charge in [-0.2, -0.15) is 0 Å². The molecule has 0 bridgehead atoms. The number of ether oxygens (including phenoxy) is 3. The van der Waals surface area contributed by atoms with Gasteiger partial charge in [0.25, 0.3) is 0 Å². The smallest absolute Gasteiger partial charge is 0.191 e. The van der Waals surface area contributed by atoms with Gasteiger partial charge in [0.15, 0.2) is 5.96 Å². The predicted molar refractivity (Wildman–Crippen MR) is 110 cm³/mol. The first-order valence-corrected chi connectivity index (χ1v) is 11.0. The summed E-state index contributed by atoms with van der Waals surface area (Å²) >= 11 is 0. The zero-order valence-corrected chi connectivity index (χ0v) is 17.9. The molecule has 0 aromatic carbocycles. The van der Waals surface area contributed by atoms with Gasteiger partial charge in [-0.15, -0.1) is 0 Å². The molecule has 1 heterocycles. The van der Waals surface area contributed by atoms with Crippen LogP contribution in [0.2, 0.25) is 0 Å². The number of aliphatic imine (C=N–C) groups is 1. The zero-order valence-electron chi connectivity index (χ0n) is 17.9. The zero-order chi connectivity index (χ0) is 19.5. The summed E-state index contributed by atoms with van der Waals surface area (Å²) in [6, 6.07) is 0.431. The average molecular weight is 384 g/mol. The maximum absolute atomic E-state index is 5.99. The van der Waals surface area contributed by atoms with Gasteiger partial charge in [0.2, 0.25) is 0 Å². The van der Waals surface area contributed by atoms with E-state index in [1.807, 2.05) is 0 Å². The minimum Gasteiger partial charge on any atom is -0.381 e. The van der Waals surface area contributed by atoms with Crippen LogP contribution in [0.4, 0.5) is 0 Å². The molecule has 27 heavy (non-hydrogen) atoms. The molecule has 0 aromatic rings. The molecule has 2 N–H and O–H groups in total. The first-order valence-electron chi connectivity index (χ1n) is 11.0. The lowest BCUT2D eigenvalue weighted by Gasteiger charge is -2.55. The van der Waals surface area contributed by atoms with E-state index in [1.54, 1.807) is 0 Å². The van der Waals surface area contributed by atoms with Crippen molar-refractivity contribution in [2.75, 3.05) is 46.1 Å². The maximum Gasteiger partial charge on any atom is 0.191 e. The second kappa shape index (κ2) is 11.9. The fourth-order valence-electron chi connectivity index (χ4n) is 4.39. The monoisotopic (exact) mass is 383 g/mol. The van der Waals surface area contributed by atoms with Crippen LogP contribution in [-0.2, 0) is 14.2 Å². The molecule has 1 aliphatic carbocycles. The SMILES string of the molecule is CCNC(=NCCCOCC1CCOC1)NC1CC(OCC)C1(CC)CC. The van der Waals surface area contributed by atoms with Crippen molar-refractivity contribution in [1.29, 1.82) is 0 Å². The predicted octanol–water partition coefficient (Wildman–Crippen LogP) is 2.97. The van der Waals surface area contributed by atoms with Crippen molar-refractivity contribution in [2.45, 2.75) is 71.9 Å². The number of nitrogens with zero attached hydrogens (tertiary/aromatic N) is 1. The Morgan fingerprint density at radius 1 is 1.22 bits per heavy atom. The van der Waals surface area contributed by atoms with Crippen LogP contribution in [0.15, 0.2) is 4.99 Å². The molecule has 0 radical (unpaired) electrons. The van der Waals surface area contributed by atoms with Crippen molar-refractivity contribution in [3.8, 4) is 0 Å². The summed E-state index contributed by atoms with van der Waals surface area (Å²) in [6.45, 7) is 14.5. The molecule has 0 amide bonds. The molecule has 1 saturated carbocycles. The van der Waals surface area contributed by atoms with Gasteiger partial charge in [0.05, 0.1) is 19.3 Å². The Morgan fingerprint density at radius 3 is 2.67 bits per heavy atom. The van der Waals surface area contributed by atoms with E-state index >= 15 is 0 Å². The highest BCUT2D eigenvalue weighted by atomic mass is 16.5. The number of hydrogen-bond acceptors (Lipinski definition) is 4. The third-order valence-corrected chi connectivity index (χ3v) is 6.22. The summed E-state index contributed by atoms with van der Waals surface area (Å²) in [6.07, 6.45) is 5.77. The summed E-state index contributed by atoms with van der Waals surface area (Å²) in [5.74, 6) is 1.51. The molecule has 158 valence electrons. The molecule has 6 heteroatoms. The highest BCUT2D eigenvalue weighted by molar-refractivity contribution is 5.80. The van der Waals surface area contributed by atoms with Gasteiger partial charge in [0.1, 0.15) is 0 Å². The molecular formula is C21H41N3O3. The van der Waals surface area contributed by atoms with Crippen molar-refractivity contribution in [3.05, 3.63) is 0 Å². The second-order valence-corrected chi connectivity index (χ2v) is 7.74. The summed E-state index contributed by atoms with van der Waals surface area (Å²) in [5, 5.41) is 7.06. The summed E-state index contributed by atoms with van der Waals surface area (Å²) in [5.41, 5.74) is 0.221. The molecule has 3 atom stereocenters. The summed E-state index contributed by atoms with van der Waals surface area (Å²) in [7, 11) is 0. The van der Waals surface area contributed by atoms with Gasteiger partial charge in [0, 0.05) is 50.3 Å². The first-order chi connectivity index (χ1) is 13.2. The van der Waals surface area contributed by atoms with Crippen LogP contribution in [-0.4, -0.2) is 64.2 Å². The molecule has 2 rings (SSSR count). The van der Waals surface area contributed by atoms with Gasteiger partial charge >= 0.3 is 0 Å². The largest absolute Gasteiger partial charge is 0.381 e. The quantitative estimate of drug-likeness (QED) is 0.308. The molecule has 1 saturated heterocycles. The normalized spacial score (nSPS) is 27.4. The van der Waals surface area contributed by atoms with E-state index in [0.717, 1.165) is 84.2 Å². The van der Waals surface area contributed by atoms with E-state index in [4.69, 9.17) is 19.2 Å². The molecule has 2 aliphatic rings. The van der Waals surface area contributed by atoms with Crippen molar-refractivity contribution >= 4 is 5.96 Å². The first kappa shape index (κ1) is 22.4. The van der Waals surface area contributed by atoms with Gasteiger partial charge in [-0.05, 0) is 46.0 Å². The lowest BCUT2D eigenvalue weighted by atomic mass is 9.58. The Morgan fingerprint density at radius 2 is 2.04 bits per heavy atom. The van der Waals surface area contributed by atoms with Crippen LogP contribution in [0.25, 0.3) is 0 Å². The van der Waals surface area contributed by atoms with Crippen molar-refractivity contribution < 1.29 is 14.2 Å². The van der Waals surface area contributed by atoms with Crippen LogP contribution >= 0.6 is 0 Å². The van der Waals surface area contributed by atoms with E-state index in [2.05, 4.69) is 38.3 Å². The second-order valence-electron chi connectivity index (χ2n) is 7.74. The van der Waals surface area contributed by atoms with Gasteiger partial charge in [-0.1, -0.05) is 13.8 Å². The number of guanidine groups is 1. The number of hydrogen-bond donors (Lipinski definition) is 2. The standard InChI is InChI=1S/C21H41N3O3/c1-5-21(6-2)18(14-19(21)27-8-4)24-20(22-7-3)23-11-9-12-25-15-17-10-13-26-16-17/h17-19H,5-16H2,1-4H3,(H2,22,23,24). The third-order valence-electron chi connectivity index (χ3n) is 6.22. The highest BCUT2D eigenvalue weighted by Crippen LogP contribution is 2.48. The van der Waals surface area contributed by atoms with Gasteiger partial charge < -0.3 is 24.8 Å². The Balaban J connectivity index is 1.75. The van der Waals surface area contributed by atoms with Gasteiger partial charge in [-0.25, -0.2) is 0 Å². The van der Waals surface area contributed by atoms with Crippen LogP contribution in [0, 0.1) is 11.3 Å². The molecule has 0 spiro atoms. The Kier molecular flexibility index (Phi) is 9.87. The molecule has 3 unspecified atom stereocenters. The molecule has 0 aromatic heterocycles. The van der Waals surface area contributed by atoms with Crippen LogP contribution < -0.4 is 10.6 Å². The highest BCUT2D eigenvalue weighted by Gasteiger charge is 2.53. The molecule has 6 nitrogen and oxygen atoms in total. The van der Waals surface area contributed by atoms with E-state index in [1.165, 1.54) is 0 Å². The fraction of sp³-hybridized carbons (Fsp3) is 0.952. The lowest BCUT2D eigenvalue weighted by Crippen LogP contribution is -2.65. The van der Waals surface area contributed by atoms with Crippen LogP contribution in [0.3, 0.4) is 0 Å². The lowest BCUT2D eigenvalue weighted by molar-refractivity contribution is -0.133. The topological polar surface area (TPSA) is 64.1 Å². The average Bonchev–Trinajstić information content (AvgIpc) is 3.18. The molecular weight excluding hydrogens is 342 g/mol. The fourth-order valence-corrected chi connectivity index (χ4v) is 4.39. The Bertz CT molecular complexity index is 434. The molecule has 2 fully saturated rings.